The summed E-state index contributed by atoms with van der Waals surface area (Å²) < 4.78 is 8.69. The smallest absolute Gasteiger partial charge is 0.333 e. The van der Waals surface area contributed by atoms with Crippen molar-refractivity contribution in [2.45, 2.75) is 0 Å². The van der Waals surface area contributed by atoms with E-state index in [-0.39, 0.29) is 0 Å². The normalized spacial score (nSPS) is 10.4. The van der Waals surface area contributed by atoms with Crippen LogP contribution < -0.4 is 11.5 Å². The fourth-order valence-electron chi connectivity index (χ4n) is 0.542. The van der Waals surface area contributed by atoms with Crippen LogP contribution in [0.15, 0.2) is 24.3 Å². The summed E-state index contributed by atoms with van der Waals surface area (Å²) in [5.74, 6) is -3.45. The van der Waals surface area contributed by atoms with Gasteiger partial charge in [0.15, 0.2) is 0 Å². The van der Waals surface area contributed by atoms with Crippen molar-refractivity contribution in [1.29, 1.82) is 0 Å². The monoisotopic (exact) mass is 242 g/mol. The highest BCUT2D eigenvalue weighted by Gasteiger charge is 2.01. The molecule has 0 aliphatic carbocycles. The van der Waals surface area contributed by atoms with Crippen LogP contribution in [0.1, 0.15) is 0 Å². The molecule has 0 aliphatic rings. The van der Waals surface area contributed by atoms with Crippen molar-refractivity contribution in [2.24, 2.45) is 11.5 Å². The molecule has 0 atom stereocenters. The predicted molar refractivity (Wildman–Crippen MR) is 53.7 cm³/mol. The number of nitrogens with two attached hydrogens (primary N) is 2. The maximum absolute atomic E-state index is 10.8. The molecule has 0 aromatic carbocycles. The summed E-state index contributed by atoms with van der Waals surface area (Å²) in [6.07, 6.45) is 3.12. The van der Waals surface area contributed by atoms with E-state index in [0.29, 0.717) is 0 Å². The van der Waals surface area contributed by atoms with Crippen LogP contribution in [0, 0.1) is 0 Å². The van der Waals surface area contributed by atoms with Gasteiger partial charge in [-0.05, 0) is 0 Å². The van der Waals surface area contributed by atoms with E-state index in [0.717, 1.165) is 24.3 Å². The first kappa shape index (κ1) is 14.4. The van der Waals surface area contributed by atoms with E-state index in [9.17, 15) is 19.2 Å². The molecule has 0 unspecified atom stereocenters. The Bertz CT molecular complexity index is 349. The van der Waals surface area contributed by atoms with Crippen molar-refractivity contribution in [2.75, 3.05) is 6.79 Å². The highest BCUT2D eigenvalue weighted by atomic mass is 16.7. The average molecular weight is 242 g/mol. The van der Waals surface area contributed by atoms with Gasteiger partial charge in [0, 0.05) is 24.3 Å². The molecule has 8 nitrogen and oxygen atoms in total. The van der Waals surface area contributed by atoms with Crippen molar-refractivity contribution in [1.82, 2.24) is 0 Å². The summed E-state index contributed by atoms with van der Waals surface area (Å²) in [5, 5.41) is 0. The lowest BCUT2D eigenvalue weighted by atomic mass is 10.5. The summed E-state index contributed by atoms with van der Waals surface area (Å²) in [7, 11) is 0. The zero-order valence-electron chi connectivity index (χ0n) is 8.62. The first-order valence-corrected chi connectivity index (χ1v) is 4.20. The third-order valence-corrected chi connectivity index (χ3v) is 1.17. The summed E-state index contributed by atoms with van der Waals surface area (Å²) >= 11 is 0. The molecule has 0 fully saturated rings. The fourth-order valence-corrected chi connectivity index (χ4v) is 0.542. The molecule has 0 aromatic heterocycles. The van der Waals surface area contributed by atoms with Crippen LogP contribution in [0.5, 0.6) is 0 Å². The maximum Gasteiger partial charge on any atom is 0.333 e. The first-order chi connectivity index (χ1) is 7.91. The Labute approximate surface area is 95.8 Å². The minimum atomic E-state index is -0.907. The quantitative estimate of drug-likeness (QED) is 0.317. The SMILES string of the molecule is NC(=O)/C=C\C(=O)OCOC(=O)/C=C\C(N)=O. The number of primary amides is 2. The molecule has 0 bridgehead atoms. The fraction of sp³-hybridized carbons (Fsp3) is 0.111. The molecule has 0 aromatic rings. The molecular weight excluding hydrogens is 232 g/mol. The number of rotatable bonds is 6. The molecule has 0 aliphatic heterocycles. The van der Waals surface area contributed by atoms with Gasteiger partial charge in [-0.25, -0.2) is 9.59 Å². The second kappa shape index (κ2) is 7.63. The first-order valence-electron chi connectivity index (χ1n) is 4.20. The Morgan fingerprint density at radius 2 is 1.12 bits per heavy atom. The van der Waals surface area contributed by atoms with Gasteiger partial charge in [-0.3, -0.25) is 9.59 Å². The Morgan fingerprint density at radius 3 is 1.41 bits per heavy atom. The van der Waals surface area contributed by atoms with Gasteiger partial charge in [0.1, 0.15) is 0 Å². The van der Waals surface area contributed by atoms with Crippen LogP contribution in [0.25, 0.3) is 0 Å². The van der Waals surface area contributed by atoms with Gasteiger partial charge in [0.05, 0.1) is 0 Å². The molecule has 0 heterocycles. The largest absolute Gasteiger partial charge is 0.425 e. The Balaban J connectivity index is 3.84. The Kier molecular flexibility index (Phi) is 6.44. The molecule has 17 heavy (non-hydrogen) atoms. The van der Waals surface area contributed by atoms with Crippen molar-refractivity contribution in [3.63, 3.8) is 0 Å². The summed E-state index contributed by atoms with van der Waals surface area (Å²) in [5.41, 5.74) is 9.43. The van der Waals surface area contributed by atoms with E-state index in [1.165, 1.54) is 0 Å². The molecule has 0 radical (unpaired) electrons. The lowest BCUT2D eigenvalue weighted by Crippen LogP contribution is -2.12. The molecule has 0 saturated heterocycles. The Hall–Kier alpha value is -2.64. The van der Waals surface area contributed by atoms with Crippen LogP contribution in [-0.2, 0) is 28.7 Å². The number of amides is 2. The van der Waals surface area contributed by atoms with E-state index >= 15 is 0 Å². The zero-order valence-corrected chi connectivity index (χ0v) is 8.62. The third-order valence-electron chi connectivity index (χ3n) is 1.17. The average Bonchev–Trinajstić information content (AvgIpc) is 2.23. The van der Waals surface area contributed by atoms with Gasteiger partial charge in [0.2, 0.25) is 18.6 Å². The van der Waals surface area contributed by atoms with E-state index < -0.39 is 30.5 Å². The summed E-state index contributed by atoms with van der Waals surface area (Å²) in [6, 6.07) is 0. The molecule has 2 amide bonds. The van der Waals surface area contributed by atoms with Crippen LogP contribution in [0.2, 0.25) is 0 Å². The summed E-state index contributed by atoms with van der Waals surface area (Å²) in [4.78, 5) is 42.0. The number of hydrogen-bond donors (Lipinski definition) is 2. The number of carbonyl (C=O) groups excluding carboxylic acids is 4. The van der Waals surface area contributed by atoms with Crippen LogP contribution in [-0.4, -0.2) is 30.5 Å². The standard InChI is InChI=1S/C9H10N2O6/c10-6(12)1-3-8(14)16-5-17-9(15)4-2-7(11)13/h1-4H,5H2,(H2,10,12)(H2,11,13)/b3-1-,4-2-. The molecule has 0 saturated carbocycles. The zero-order chi connectivity index (χ0) is 13.3. The highest BCUT2D eigenvalue weighted by Crippen LogP contribution is 1.86. The molecule has 0 spiro atoms. The van der Waals surface area contributed by atoms with E-state index in [4.69, 9.17) is 11.5 Å². The van der Waals surface area contributed by atoms with Gasteiger partial charge >= 0.3 is 11.9 Å². The van der Waals surface area contributed by atoms with Crippen LogP contribution >= 0.6 is 0 Å². The van der Waals surface area contributed by atoms with Gasteiger partial charge in [-0.15, -0.1) is 0 Å². The highest BCUT2D eigenvalue weighted by molar-refractivity contribution is 5.94. The van der Waals surface area contributed by atoms with Crippen molar-refractivity contribution in [3.8, 4) is 0 Å². The number of carbonyl (C=O) groups is 4. The third kappa shape index (κ3) is 9.66. The van der Waals surface area contributed by atoms with Crippen molar-refractivity contribution < 1.29 is 28.7 Å². The van der Waals surface area contributed by atoms with E-state index in [1.54, 1.807) is 0 Å². The molecule has 92 valence electrons. The second-order valence-electron chi connectivity index (χ2n) is 2.52. The topological polar surface area (TPSA) is 139 Å². The van der Waals surface area contributed by atoms with Crippen molar-refractivity contribution >= 4 is 23.8 Å². The molecule has 8 heteroatoms. The van der Waals surface area contributed by atoms with Gasteiger partial charge in [0.25, 0.3) is 0 Å². The lowest BCUT2D eigenvalue weighted by molar-refractivity contribution is -0.160. The summed E-state index contributed by atoms with van der Waals surface area (Å²) in [6.45, 7) is -0.663. The van der Waals surface area contributed by atoms with Gasteiger partial charge in [-0.1, -0.05) is 0 Å². The Morgan fingerprint density at radius 1 is 0.765 bits per heavy atom. The van der Waals surface area contributed by atoms with E-state index in [1.807, 2.05) is 0 Å². The lowest BCUT2D eigenvalue weighted by Gasteiger charge is -2.01. The number of hydrogen-bond acceptors (Lipinski definition) is 6. The van der Waals surface area contributed by atoms with E-state index in [2.05, 4.69) is 9.47 Å². The molecule has 0 rings (SSSR count). The van der Waals surface area contributed by atoms with Gasteiger partial charge < -0.3 is 20.9 Å². The molecular formula is C9H10N2O6. The van der Waals surface area contributed by atoms with Crippen LogP contribution in [0.4, 0.5) is 0 Å². The maximum atomic E-state index is 10.8. The minimum absolute atomic E-state index is 0.663. The van der Waals surface area contributed by atoms with Gasteiger partial charge in [-0.2, -0.15) is 0 Å². The van der Waals surface area contributed by atoms with Crippen molar-refractivity contribution in [3.05, 3.63) is 24.3 Å². The van der Waals surface area contributed by atoms with Crippen LogP contribution in [0.3, 0.4) is 0 Å². The number of ether oxygens (including phenoxy) is 2. The number of esters is 2. The second-order valence-corrected chi connectivity index (χ2v) is 2.52. The minimum Gasteiger partial charge on any atom is -0.425 e. The predicted octanol–water partition coefficient (Wildman–Crippen LogP) is -1.89. The molecule has 4 N–H and O–H groups in total.